The van der Waals surface area contributed by atoms with E-state index in [1.807, 2.05) is 0 Å². The summed E-state index contributed by atoms with van der Waals surface area (Å²) >= 11 is 0. The van der Waals surface area contributed by atoms with Crippen LogP contribution in [0.4, 0.5) is 0 Å². The fourth-order valence-corrected chi connectivity index (χ4v) is 13.2. The molecule has 0 radical (unpaired) electrons. The molecule has 0 saturated carbocycles. The number of carbonyl (C=O) groups excluding carboxylic acids is 4. The van der Waals surface area contributed by atoms with Gasteiger partial charge in [0.2, 0.25) is 0 Å². The second-order valence-electron chi connectivity index (χ2n) is 27.0. The van der Waals surface area contributed by atoms with Gasteiger partial charge in [-0.25, -0.2) is 9.13 Å². The lowest BCUT2D eigenvalue weighted by Gasteiger charge is -2.21. The molecule has 2 unspecified atom stereocenters. The molecule has 0 amide bonds. The van der Waals surface area contributed by atoms with Crippen LogP contribution in [0.5, 0.6) is 0 Å². The van der Waals surface area contributed by atoms with Crippen LogP contribution in [0.15, 0.2) is 0 Å². The Morgan fingerprint density at radius 3 is 0.628 bits per heavy atom. The summed E-state index contributed by atoms with van der Waals surface area (Å²) < 4.78 is 68.3. The Balaban J connectivity index is 5.15. The molecule has 94 heavy (non-hydrogen) atoms. The van der Waals surface area contributed by atoms with Gasteiger partial charge < -0.3 is 33.8 Å². The summed E-state index contributed by atoms with van der Waals surface area (Å²) in [6.07, 6.45) is 59.9. The molecule has 0 aromatic carbocycles. The number of phosphoric acid groups is 2. The first-order chi connectivity index (χ1) is 45.7. The molecule has 0 saturated heterocycles. The van der Waals surface area contributed by atoms with E-state index in [1.54, 1.807) is 0 Å². The molecule has 0 heterocycles. The van der Waals surface area contributed by atoms with E-state index >= 15 is 0 Å². The summed E-state index contributed by atoms with van der Waals surface area (Å²) in [6.45, 7) is 4.93. The molecule has 0 aromatic heterocycles. The largest absolute Gasteiger partial charge is 0.472 e. The summed E-state index contributed by atoms with van der Waals surface area (Å²) in [5.41, 5.74) is 0. The smallest absolute Gasteiger partial charge is 0.462 e. The number of aliphatic hydroxyl groups is 1. The minimum atomic E-state index is -4.95. The number of carbonyl (C=O) groups is 4. The molecule has 0 fully saturated rings. The second-order valence-corrected chi connectivity index (χ2v) is 29.9. The topological polar surface area (TPSA) is 237 Å². The second kappa shape index (κ2) is 69.5. The van der Waals surface area contributed by atoms with E-state index in [1.165, 1.54) is 218 Å². The van der Waals surface area contributed by atoms with Crippen LogP contribution in [0.3, 0.4) is 0 Å². The van der Waals surface area contributed by atoms with Crippen molar-refractivity contribution >= 4 is 39.5 Å². The van der Waals surface area contributed by atoms with Gasteiger partial charge >= 0.3 is 39.5 Å². The number of hydrogen-bond donors (Lipinski definition) is 3. The normalized spacial score (nSPS) is 13.9. The summed E-state index contributed by atoms with van der Waals surface area (Å²) in [5.74, 6) is -2.12. The summed E-state index contributed by atoms with van der Waals surface area (Å²) in [7, 11) is -9.90. The monoisotopic (exact) mass is 1380 g/mol. The third-order valence-corrected chi connectivity index (χ3v) is 19.5. The maximum atomic E-state index is 13.1. The number of phosphoric ester groups is 2. The first-order valence-corrected chi connectivity index (χ1v) is 42.3. The fraction of sp³-hybridized carbons (Fsp3) is 0.947. The Kier molecular flexibility index (Phi) is 68.1. The van der Waals surface area contributed by atoms with Crippen molar-refractivity contribution in [2.45, 2.75) is 418 Å². The van der Waals surface area contributed by atoms with Crippen molar-refractivity contribution in [2.24, 2.45) is 0 Å². The Bertz CT molecular complexity index is 1790. The van der Waals surface area contributed by atoms with E-state index in [9.17, 15) is 43.2 Å². The van der Waals surface area contributed by atoms with Crippen LogP contribution < -0.4 is 0 Å². The predicted molar refractivity (Wildman–Crippen MR) is 382 cm³/mol. The Morgan fingerprint density at radius 2 is 0.426 bits per heavy atom. The summed E-state index contributed by atoms with van der Waals surface area (Å²) in [5, 5.41) is 10.6. The molecule has 5 atom stereocenters. The fourth-order valence-electron chi connectivity index (χ4n) is 11.6. The zero-order valence-electron chi connectivity index (χ0n) is 60.9. The zero-order valence-corrected chi connectivity index (χ0v) is 62.7. The van der Waals surface area contributed by atoms with Crippen LogP contribution in [-0.4, -0.2) is 96.7 Å². The van der Waals surface area contributed by atoms with E-state index in [4.69, 9.17) is 37.0 Å². The van der Waals surface area contributed by atoms with Gasteiger partial charge in [0, 0.05) is 25.7 Å². The molecule has 0 aliphatic heterocycles. The van der Waals surface area contributed by atoms with Crippen molar-refractivity contribution in [3.8, 4) is 0 Å². The number of rotatable bonds is 76. The zero-order chi connectivity index (χ0) is 69.0. The number of hydrogen-bond acceptors (Lipinski definition) is 15. The van der Waals surface area contributed by atoms with Crippen molar-refractivity contribution in [1.29, 1.82) is 0 Å². The predicted octanol–water partition coefficient (Wildman–Crippen LogP) is 22.2. The van der Waals surface area contributed by atoms with Gasteiger partial charge in [-0.2, -0.15) is 0 Å². The van der Waals surface area contributed by atoms with E-state index in [-0.39, 0.29) is 25.7 Å². The molecule has 0 aromatic rings. The molecule has 0 bridgehead atoms. The SMILES string of the molecule is CCCCCCCCCCCCCCCCCCCCCCCC(=O)O[C@H](COC(=O)CCCCCCCCCCCCCCCCC)COP(=O)(O)OC[C@@H](O)COP(=O)(O)OC[C@@H](COC(=O)CCCCCCCCC)OC(=O)CCCCCCCCCCCCC. The van der Waals surface area contributed by atoms with E-state index < -0.39 is 97.5 Å². The van der Waals surface area contributed by atoms with E-state index in [0.29, 0.717) is 25.7 Å². The number of esters is 4. The highest BCUT2D eigenvalue weighted by molar-refractivity contribution is 7.47. The lowest BCUT2D eigenvalue weighted by Crippen LogP contribution is -2.30. The van der Waals surface area contributed by atoms with Crippen molar-refractivity contribution in [3.63, 3.8) is 0 Å². The standard InChI is InChI=1S/C75H146O17P2/c1-5-9-13-17-21-24-27-29-31-32-33-34-35-36-38-40-43-46-50-54-58-62-75(80)92-71(66-86-73(78)60-56-52-48-44-42-39-37-30-28-25-22-18-14-10-6-2)68-90-94(83,84)88-64-69(76)63-87-93(81,82)89-67-70(65-85-72(77)59-55-51-47-20-16-12-8-4)91-74(79)61-57-53-49-45-41-26-23-19-15-11-7-3/h69-71,76H,5-68H2,1-4H3,(H,81,82)(H,83,84)/t69-,70+,71+/m0/s1. The minimum absolute atomic E-state index is 0.107. The third kappa shape index (κ3) is 68.6. The molecular formula is C75H146O17P2. The summed E-state index contributed by atoms with van der Waals surface area (Å²) in [4.78, 5) is 72.6. The van der Waals surface area contributed by atoms with Gasteiger partial charge in [-0.15, -0.1) is 0 Å². The molecule has 558 valence electrons. The number of ether oxygens (including phenoxy) is 4. The number of unbranched alkanes of at least 4 members (excludes halogenated alkanes) is 50. The lowest BCUT2D eigenvalue weighted by molar-refractivity contribution is -0.161. The lowest BCUT2D eigenvalue weighted by atomic mass is 10.0. The van der Waals surface area contributed by atoms with Crippen LogP contribution in [0.1, 0.15) is 400 Å². The first kappa shape index (κ1) is 92.1. The van der Waals surface area contributed by atoms with E-state index in [0.717, 1.165) is 103 Å². The van der Waals surface area contributed by atoms with Crippen molar-refractivity contribution in [2.75, 3.05) is 39.6 Å². The van der Waals surface area contributed by atoms with Gasteiger partial charge in [0.25, 0.3) is 0 Å². The highest BCUT2D eigenvalue weighted by Gasteiger charge is 2.30. The van der Waals surface area contributed by atoms with Crippen LogP contribution >= 0.6 is 15.6 Å². The Morgan fingerprint density at radius 1 is 0.255 bits per heavy atom. The molecule has 19 heteroatoms. The Hall–Kier alpha value is -1.94. The van der Waals surface area contributed by atoms with Gasteiger partial charge in [-0.3, -0.25) is 37.3 Å². The Labute approximate surface area is 575 Å². The molecule has 0 aliphatic carbocycles. The van der Waals surface area contributed by atoms with Crippen LogP contribution in [0, 0.1) is 0 Å². The maximum Gasteiger partial charge on any atom is 0.472 e. The first-order valence-electron chi connectivity index (χ1n) is 39.3. The van der Waals surface area contributed by atoms with Gasteiger partial charge in [-0.1, -0.05) is 349 Å². The highest BCUT2D eigenvalue weighted by atomic mass is 31.2. The van der Waals surface area contributed by atoms with Gasteiger partial charge in [0.1, 0.15) is 19.3 Å². The average molecular weight is 1380 g/mol. The maximum absolute atomic E-state index is 13.1. The van der Waals surface area contributed by atoms with Gasteiger partial charge in [0.15, 0.2) is 12.2 Å². The number of aliphatic hydroxyl groups excluding tert-OH is 1. The van der Waals surface area contributed by atoms with Crippen molar-refractivity contribution in [3.05, 3.63) is 0 Å². The minimum Gasteiger partial charge on any atom is -0.462 e. The van der Waals surface area contributed by atoms with Gasteiger partial charge in [-0.05, 0) is 25.7 Å². The van der Waals surface area contributed by atoms with Crippen LogP contribution in [0.25, 0.3) is 0 Å². The molecule has 0 rings (SSSR count). The molecule has 0 spiro atoms. The van der Waals surface area contributed by atoms with Crippen LogP contribution in [-0.2, 0) is 65.4 Å². The van der Waals surface area contributed by atoms with E-state index in [2.05, 4.69) is 27.7 Å². The van der Waals surface area contributed by atoms with Crippen molar-refractivity contribution < 1.29 is 80.2 Å². The average Bonchev–Trinajstić information content (AvgIpc) is 1.75. The quantitative estimate of drug-likeness (QED) is 0.0222. The van der Waals surface area contributed by atoms with Crippen LogP contribution in [0.2, 0.25) is 0 Å². The molecular weight excluding hydrogens is 1230 g/mol. The molecule has 0 aliphatic rings. The molecule has 17 nitrogen and oxygen atoms in total. The summed E-state index contributed by atoms with van der Waals surface area (Å²) in [6, 6.07) is 0. The third-order valence-electron chi connectivity index (χ3n) is 17.6. The van der Waals surface area contributed by atoms with Crippen molar-refractivity contribution in [1.82, 2.24) is 0 Å². The highest BCUT2D eigenvalue weighted by Crippen LogP contribution is 2.45. The van der Waals surface area contributed by atoms with Gasteiger partial charge in [0.05, 0.1) is 26.4 Å². The molecule has 3 N–H and O–H groups in total.